The number of fused-ring (bicyclic) bond motifs is 6. The molecule has 0 saturated heterocycles. The topological polar surface area (TPSA) is 54.8 Å². The number of benzene rings is 3. The number of ether oxygens (including phenoxy) is 1. The Morgan fingerprint density at radius 2 is 1.65 bits per heavy atom. The first kappa shape index (κ1) is 27.3. The summed E-state index contributed by atoms with van der Waals surface area (Å²) in [6.07, 6.45) is 7.45. The smallest absolute Gasteiger partial charge is 0.277 e. The van der Waals surface area contributed by atoms with Crippen LogP contribution in [0.1, 0.15) is 77.3 Å². The van der Waals surface area contributed by atoms with Gasteiger partial charge in [0, 0.05) is 18.8 Å². The minimum Gasteiger partial charge on any atom is -0.487 e. The third-order valence-electron chi connectivity index (χ3n) is 9.35. The van der Waals surface area contributed by atoms with Gasteiger partial charge in [0.1, 0.15) is 12.2 Å². The summed E-state index contributed by atoms with van der Waals surface area (Å²) in [7, 11) is 0. The molecule has 0 bridgehead atoms. The molecule has 2 unspecified atom stereocenters. The number of carbonyl (C=O) groups excluding carboxylic acids is 1. The van der Waals surface area contributed by atoms with Crippen LogP contribution in [0.2, 0.25) is 0 Å². The van der Waals surface area contributed by atoms with Crippen LogP contribution in [0.5, 0.6) is 5.75 Å². The molecule has 43 heavy (non-hydrogen) atoms. The van der Waals surface area contributed by atoms with Crippen molar-refractivity contribution in [2.24, 2.45) is 0 Å². The van der Waals surface area contributed by atoms with Crippen LogP contribution in [0.4, 0.5) is 0 Å². The van der Waals surface area contributed by atoms with Gasteiger partial charge < -0.3 is 9.64 Å². The first-order valence-corrected chi connectivity index (χ1v) is 15.4. The second-order valence-electron chi connectivity index (χ2n) is 11.9. The summed E-state index contributed by atoms with van der Waals surface area (Å²) in [6.45, 7) is 5.62. The van der Waals surface area contributed by atoms with Gasteiger partial charge in [0.15, 0.2) is 11.4 Å². The largest absolute Gasteiger partial charge is 0.487 e. The van der Waals surface area contributed by atoms with E-state index in [0.717, 1.165) is 25.7 Å². The molecule has 218 valence electrons. The van der Waals surface area contributed by atoms with Gasteiger partial charge >= 0.3 is 0 Å². The van der Waals surface area contributed by atoms with Crippen LogP contribution in [-0.4, -0.2) is 35.3 Å². The van der Waals surface area contributed by atoms with Crippen molar-refractivity contribution in [3.8, 4) is 5.75 Å². The summed E-state index contributed by atoms with van der Waals surface area (Å²) < 4.78 is 8.04. The molecule has 2 atom stereocenters. The normalized spacial score (nSPS) is 18.9. The summed E-state index contributed by atoms with van der Waals surface area (Å²) in [6, 6.07) is 29.2. The highest BCUT2D eigenvalue weighted by Crippen LogP contribution is 2.55. The molecule has 2 aliphatic carbocycles. The van der Waals surface area contributed by atoms with Crippen LogP contribution in [0.3, 0.4) is 0 Å². The molecule has 0 spiro atoms. The Morgan fingerprint density at radius 1 is 0.907 bits per heavy atom. The molecule has 6 heteroatoms. The average Bonchev–Trinajstić information content (AvgIpc) is 3.53. The van der Waals surface area contributed by atoms with Crippen LogP contribution < -0.4 is 15.2 Å². The molecule has 3 aliphatic rings. The van der Waals surface area contributed by atoms with Crippen molar-refractivity contribution in [2.75, 3.05) is 24.8 Å². The van der Waals surface area contributed by atoms with Crippen molar-refractivity contribution in [2.45, 2.75) is 51.0 Å². The van der Waals surface area contributed by atoms with E-state index in [1.807, 2.05) is 15.6 Å². The molecule has 1 aliphatic heterocycles. The van der Waals surface area contributed by atoms with Gasteiger partial charge in [0.05, 0.1) is 6.61 Å². The maximum Gasteiger partial charge on any atom is 0.277 e. The molecule has 4 aromatic rings. The maximum atomic E-state index is 14.4. The zero-order valence-corrected chi connectivity index (χ0v) is 24.8. The Hall–Kier alpha value is -4.58. The summed E-state index contributed by atoms with van der Waals surface area (Å²) in [4.78, 5) is 29.6. The van der Waals surface area contributed by atoms with Crippen molar-refractivity contribution in [3.63, 3.8) is 0 Å². The lowest BCUT2D eigenvalue weighted by molar-refractivity contribution is 0.0660. The molecule has 2 heterocycles. The van der Waals surface area contributed by atoms with Gasteiger partial charge in [0.25, 0.3) is 5.91 Å². The van der Waals surface area contributed by atoms with E-state index in [-0.39, 0.29) is 23.0 Å². The molecule has 1 aromatic heterocycles. The molecule has 3 aromatic carbocycles. The number of pyridine rings is 1. The van der Waals surface area contributed by atoms with Gasteiger partial charge in [-0.05, 0) is 58.6 Å². The second-order valence-corrected chi connectivity index (χ2v) is 11.9. The third kappa shape index (κ3) is 4.31. The third-order valence-corrected chi connectivity index (χ3v) is 9.35. The first-order valence-electron chi connectivity index (χ1n) is 15.4. The van der Waals surface area contributed by atoms with Crippen molar-refractivity contribution < 1.29 is 9.53 Å². The zero-order valence-electron chi connectivity index (χ0n) is 24.8. The summed E-state index contributed by atoms with van der Waals surface area (Å²) in [5, 5.41) is 2.30. The highest BCUT2D eigenvalue weighted by atomic mass is 16.5. The number of carbonyl (C=O) groups is 1. The number of nitrogens with zero attached hydrogens (tertiary/aromatic N) is 3. The van der Waals surface area contributed by atoms with Crippen molar-refractivity contribution >= 4 is 12.0 Å². The van der Waals surface area contributed by atoms with Crippen molar-refractivity contribution in [3.05, 3.63) is 140 Å². The Kier molecular flexibility index (Phi) is 6.92. The van der Waals surface area contributed by atoms with Gasteiger partial charge in [-0.1, -0.05) is 105 Å². The van der Waals surface area contributed by atoms with Crippen LogP contribution in [0.25, 0.3) is 6.08 Å². The zero-order chi connectivity index (χ0) is 29.6. The van der Waals surface area contributed by atoms with Gasteiger partial charge in [-0.2, -0.15) is 0 Å². The molecule has 0 radical (unpaired) electrons. The standard InChI is InChI=1S/C37H37N3O3/c1-3-4-22-43-35-33(41)19-21-39-34(35)36(42)38(20-18-26(2)27-12-6-5-7-13-27)25-40(39)37-30(23-28-14-8-10-16-31(28)37)24-29-15-9-11-17-32(29)37/h5-17,19,21,23,26H,3-4,18,20,22,24-25H2,1-2H3. The fourth-order valence-corrected chi connectivity index (χ4v) is 7.14. The molecule has 0 N–H and O–H groups in total. The lowest BCUT2D eigenvalue weighted by atomic mass is 9.83. The quantitative estimate of drug-likeness (QED) is 0.216. The molecule has 1 amide bonds. The number of hydrogen-bond donors (Lipinski definition) is 0. The van der Waals surface area contributed by atoms with Gasteiger partial charge in [-0.25, -0.2) is 0 Å². The average molecular weight is 572 g/mol. The van der Waals surface area contributed by atoms with E-state index in [0.29, 0.717) is 25.5 Å². The van der Waals surface area contributed by atoms with Gasteiger partial charge in [-0.3, -0.25) is 19.3 Å². The van der Waals surface area contributed by atoms with E-state index in [1.54, 1.807) is 12.3 Å². The first-order chi connectivity index (χ1) is 21.0. The van der Waals surface area contributed by atoms with Gasteiger partial charge in [-0.15, -0.1) is 0 Å². The Labute approximate surface area is 252 Å². The van der Waals surface area contributed by atoms with Crippen LogP contribution in [0, 0.1) is 0 Å². The SMILES string of the molecule is CCCCOc1c2n(ccc1=O)N(C13C(=Cc4ccccc41)Cc1ccccc13)CN(CCC(C)c1ccccc1)C2=O. The Balaban J connectivity index is 1.38. The fraction of sp³-hybridized carbons (Fsp3) is 0.297. The van der Waals surface area contributed by atoms with E-state index in [2.05, 4.69) is 97.7 Å². The van der Waals surface area contributed by atoms with Crippen molar-refractivity contribution in [1.82, 2.24) is 9.58 Å². The van der Waals surface area contributed by atoms with E-state index >= 15 is 0 Å². The lowest BCUT2D eigenvalue weighted by Crippen LogP contribution is -2.62. The lowest BCUT2D eigenvalue weighted by Gasteiger charge is -2.50. The highest BCUT2D eigenvalue weighted by molar-refractivity contribution is 5.96. The van der Waals surface area contributed by atoms with Gasteiger partial charge in [0.2, 0.25) is 5.43 Å². The fourth-order valence-electron chi connectivity index (χ4n) is 7.14. The summed E-state index contributed by atoms with van der Waals surface area (Å²) in [5.74, 6) is 0.252. The predicted molar refractivity (Wildman–Crippen MR) is 170 cm³/mol. The Bertz CT molecular complexity index is 1780. The van der Waals surface area contributed by atoms with Crippen LogP contribution in [-0.2, 0) is 12.0 Å². The number of amides is 1. The molecular weight excluding hydrogens is 534 g/mol. The summed E-state index contributed by atoms with van der Waals surface area (Å²) >= 11 is 0. The van der Waals surface area contributed by atoms with Crippen LogP contribution in [0.15, 0.2) is 101 Å². The summed E-state index contributed by atoms with van der Waals surface area (Å²) in [5.41, 5.74) is 6.86. The number of hydrogen-bond acceptors (Lipinski definition) is 4. The number of aromatic nitrogens is 1. The highest BCUT2D eigenvalue weighted by Gasteiger charge is 2.55. The van der Waals surface area contributed by atoms with E-state index in [9.17, 15) is 9.59 Å². The van der Waals surface area contributed by atoms with Crippen LogP contribution >= 0.6 is 0 Å². The Morgan fingerprint density at radius 3 is 2.47 bits per heavy atom. The molecule has 0 fully saturated rings. The van der Waals surface area contributed by atoms with E-state index in [4.69, 9.17) is 4.74 Å². The second kappa shape index (κ2) is 10.9. The minimum absolute atomic E-state index is 0.145. The monoisotopic (exact) mass is 571 g/mol. The molecule has 7 rings (SSSR count). The number of unbranched alkanes of at least 4 members (excludes halogenated alkanes) is 1. The van der Waals surface area contributed by atoms with E-state index in [1.165, 1.54) is 33.4 Å². The number of rotatable bonds is 9. The van der Waals surface area contributed by atoms with E-state index < -0.39 is 5.54 Å². The molecule has 6 nitrogen and oxygen atoms in total. The predicted octanol–water partition coefficient (Wildman–Crippen LogP) is 6.47. The van der Waals surface area contributed by atoms with Crippen molar-refractivity contribution in [1.29, 1.82) is 0 Å². The molecular formula is C37H37N3O3. The maximum absolute atomic E-state index is 14.4. The minimum atomic E-state index is -0.609. The molecule has 0 saturated carbocycles.